The molecule has 0 bridgehead atoms. The highest BCUT2D eigenvalue weighted by atomic mass is 19.4. The fraction of sp³-hybridized carbons (Fsp3) is 0.200. The lowest BCUT2D eigenvalue weighted by Gasteiger charge is -2.29. The number of amides is 1. The molecule has 0 fully saturated rings. The molecule has 0 radical (unpaired) electrons. The first kappa shape index (κ1) is 28.3. The molecule has 40 heavy (non-hydrogen) atoms. The van der Waals surface area contributed by atoms with Crippen molar-refractivity contribution in [3.63, 3.8) is 0 Å². The minimum absolute atomic E-state index is 0.0821. The zero-order valence-corrected chi connectivity index (χ0v) is 21.9. The maximum absolute atomic E-state index is 13.5. The van der Waals surface area contributed by atoms with Gasteiger partial charge in [0.05, 0.1) is 24.6 Å². The number of hydrogen-bond donors (Lipinski definition) is 0. The predicted octanol–water partition coefficient (Wildman–Crippen LogP) is 5.33. The number of aryl methyl sites for hydroxylation is 1. The number of rotatable bonds is 9. The van der Waals surface area contributed by atoms with Crippen LogP contribution in [-0.4, -0.2) is 44.7 Å². The molecular weight excluding hydrogens is 521 g/mol. The first-order valence-corrected chi connectivity index (χ1v) is 12.4. The van der Waals surface area contributed by atoms with Gasteiger partial charge in [-0.15, -0.1) is 0 Å². The molecule has 1 amide bonds. The van der Waals surface area contributed by atoms with E-state index in [1.54, 1.807) is 30.3 Å². The summed E-state index contributed by atoms with van der Waals surface area (Å²) in [5.41, 5.74) is 2.80. The molecule has 2 aromatic carbocycles. The van der Waals surface area contributed by atoms with E-state index in [9.17, 15) is 22.8 Å². The summed E-state index contributed by atoms with van der Waals surface area (Å²) < 4.78 is 45.4. The molecule has 0 aliphatic heterocycles. The minimum atomic E-state index is -4.46. The lowest BCUT2D eigenvalue weighted by Crippen LogP contribution is -2.45. The summed E-state index contributed by atoms with van der Waals surface area (Å²) in [5, 5.41) is 4.14. The van der Waals surface area contributed by atoms with Crippen LogP contribution in [-0.2, 0) is 40.5 Å². The summed E-state index contributed by atoms with van der Waals surface area (Å²) in [6, 6.07) is 16.5. The molecule has 0 aliphatic rings. The molecule has 4 aromatic rings. The fourth-order valence-corrected chi connectivity index (χ4v) is 4.16. The Morgan fingerprint density at radius 2 is 1.75 bits per heavy atom. The number of esters is 1. The van der Waals surface area contributed by atoms with Crippen LogP contribution in [0.15, 0.2) is 91.4 Å². The topological polar surface area (TPSA) is 77.3 Å². The van der Waals surface area contributed by atoms with E-state index in [0.717, 1.165) is 34.5 Å². The third kappa shape index (κ3) is 7.22. The molecule has 1 atom stereocenters. The number of ether oxygens (including phenoxy) is 1. The number of pyridine rings is 1. The van der Waals surface area contributed by atoms with Gasteiger partial charge in [-0.1, -0.05) is 42.5 Å². The molecule has 0 saturated carbocycles. The number of nitrogens with zero attached hydrogens (tertiary/aromatic N) is 4. The SMILES string of the molecule is COC(=O)C(Cc1cnn(C)c1)N(Cc1ccc(-c2ccccn2)cc1)C(=O)C=Cc1ccc(C(F)(F)F)cc1. The summed E-state index contributed by atoms with van der Waals surface area (Å²) in [5.74, 6) is -1.11. The number of carbonyl (C=O) groups is 2. The van der Waals surface area contributed by atoms with Crippen molar-refractivity contribution >= 4 is 18.0 Å². The Bertz CT molecular complexity index is 1460. The number of methoxy groups -OCH3 is 1. The zero-order valence-electron chi connectivity index (χ0n) is 21.9. The minimum Gasteiger partial charge on any atom is -0.467 e. The Balaban J connectivity index is 1.62. The Kier molecular flexibility index (Phi) is 8.78. The number of hydrogen-bond acceptors (Lipinski definition) is 5. The molecule has 7 nitrogen and oxygen atoms in total. The molecule has 0 saturated heterocycles. The summed E-state index contributed by atoms with van der Waals surface area (Å²) in [6.45, 7) is 0.0821. The average Bonchev–Trinajstić information content (AvgIpc) is 3.38. The van der Waals surface area contributed by atoms with Gasteiger partial charge in [-0.25, -0.2) is 4.79 Å². The maximum atomic E-state index is 13.5. The van der Waals surface area contributed by atoms with E-state index in [2.05, 4.69) is 10.1 Å². The number of benzene rings is 2. The van der Waals surface area contributed by atoms with Crippen LogP contribution in [0.5, 0.6) is 0 Å². The number of alkyl halides is 3. The predicted molar refractivity (Wildman–Crippen MR) is 143 cm³/mol. The Hall–Kier alpha value is -4.73. The second-order valence-corrected chi connectivity index (χ2v) is 9.10. The largest absolute Gasteiger partial charge is 0.467 e. The monoisotopic (exact) mass is 548 g/mol. The van der Waals surface area contributed by atoms with Crippen molar-refractivity contribution in [2.45, 2.75) is 25.2 Å². The maximum Gasteiger partial charge on any atom is 0.416 e. The van der Waals surface area contributed by atoms with Gasteiger partial charge >= 0.3 is 12.1 Å². The van der Waals surface area contributed by atoms with Crippen molar-refractivity contribution in [1.29, 1.82) is 0 Å². The summed E-state index contributed by atoms with van der Waals surface area (Å²) in [6.07, 6.45) is 3.41. The van der Waals surface area contributed by atoms with Crippen LogP contribution in [0.4, 0.5) is 13.2 Å². The Labute approximate surface area is 229 Å². The summed E-state index contributed by atoms with van der Waals surface area (Å²) in [7, 11) is 3.00. The van der Waals surface area contributed by atoms with E-state index >= 15 is 0 Å². The van der Waals surface area contributed by atoms with Crippen molar-refractivity contribution in [3.8, 4) is 11.3 Å². The second kappa shape index (κ2) is 12.4. The van der Waals surface area contributed by atoms with Gasteiger partial charge in [0.2, 0.25) is 5.91 Å². The molecule has 2 aromatic heterocycles. The van der Waals surface area contributed by atoms with E-state index < -0.39 is 29.7 Å². The van der Waals surface area contributed by atoms with Crippen LogP contribution in [0.3, 0.4) is 0 Å². The molecule has 4 rings (SSSR count). The molecule has 0 aliphatic carbocycles. The van der Waals surface area contributed by atoms with E-state index in [-0.39, 0.29) is 13.0 Å². The quantitative estimate of drug-likeness (QED) is 0.209. The zero-order chi connectivity index (χ0) is 28.7. The van der Waals surface area contributed by atoms with Gasteiger partial charge in [-0.3, -0.25) is 14.5 Å². The standard InChI is InChI=1S/C30H27F3N4O3/c1-36-19-23(18-35-36)17-27(29(39)40-2)37(20-22-6-11-24(12-7-22)26-5-3-4-16-34-26)28(38)15-10-21-8-13-25(14-9-21)30(31,32)33/h3-16,18-19,27H,17,20H2,1-2H3. The van der Waals surface area contributed by atoms with Crippen molar-refractivity contribution < 1.29 is 27.5 Å². The molecular formula is C30H27F3N4O3. The van der Waals surface area contributed by atoms with E-state index in [1.165, 1.54) is 36.3 Å². The fourth-order valence-electron chi connectivity index (χ4n) is 4.16. The summed E-state index contributed by atoms with van der Waals surface area (Å²) >= 11 is 0. The molecule has 206 valence electrons. The highest BCUT2D eigenvalue weighted by Crippen LogP contribution is 2.29. The molecule has 0 spiro atoms. The van der Waals surface area contributed by atoms with Crippen LogP contribution in [0, 0.1) is 0 Å². The van der Waals surface area contributed by atoms with E-state index in [0.29, 0.717) is 5.56 Å². The number of carbonyl (C=O) groups excluding carboxylic acids is 2. The second-order valence-electron chi connectivity index (χ2n) is 9.10. The van der Waals surface area contributed by atoms with Gasteiger partial charge in [0.1, 0.15) is 6.04 Å². The Morgan fingerprint density at radius 1 is 1.02 bits per heavy atom. The van der Waals surface area contributed by atoms with Crippen molar-refractivity contribution in [1.82, 2.24) is 19.7 Å². The normalized spacial score (nSPS) is 12.3. The lowest BCUT2D eigenvalue weighted by molar-refractivity contribution is -0.151. The number of aromatic nitrogens is 3. The van der Waals surface area contributed by atoms with Crippen molar-refractivity contribution in [2.75, 3.05) is 7.11 Å². The average molecular weight is 549 g/mol. The lowest BCUT2D eigenvalue weighted by atomic mass is 10.0. The van der Waals surface area contributed by atoms with E-state index in [4.69, 9.17) is 4.74 Å². The first-order valence-electron chi connectivity index (χ1n) is 12.4. The van der Waals surface area contributed by atoms with Crippen LogP contribution >= 0.6 is 0 Å². The molecule has 2 heterocycles. The van der Waals surface area contributed by atoms with Gasteiger partial charge in [-0.2, -0.15) is 18.3 Å². The van der Waals surface area contributed by atoms with Crippen LogP contribution in [0.2, 0.25) is 0 Å². The summed E-state index contributed by atoms with van der Waals surface area (Å²) in [4.78, 5) is 32.2. The highest BCUT2D eigenvalue weighted by Gasteiger charge is 2.31. The van der Waals surface area contributed by atoms with Gasteiger partial charge < -0.3 is 9.64 Å². The molecule has 0 N–H and O–H groups in total. The Morgan fingerprint density at radius 3 is 2.33 bits per heavy atom. The first-order chi connectivity index (χ1) is 19.1. The van der Waals surface area contributed by atoms with Crippen molar-refractivity contribution in [2.24, 2.45) is 7.05 Å². The van der Waals surface area contributed by atoms with Gasteiger partial charge in [0.25, 0.3) is 0 Å². The van der Waals surface area contributed by atoms with Crippen molar-refractivity contribution in [3.05, 3.63) is 114 Å². The van der Waals surface area contributed by atoms with Gasteiger partial charge in [0, 0.05) is 44.0 Å². The molecule has 10 heteroatoms. The third-order valence-corrected chi connectivity index (χ3v) is 6.24. The van der Waals surface area contributed by atoms with Gasteiger partial charge in [-0.05, 0) is 47.0 Å². The van der Waals surface area contributed by atoms with E-state index in [1.807, 2.05) is 42.5 Å². The van der Waals surface area contributed by atoms with Crippen LogP contribution in [0.25, 0.3) is 17.3 Å². The van der Waals surface area contributed by atoms with Crippen LogP contribution in [0.1, 0.15) is 22.3 Å². The van der Waals surface area contributed by atoms with Gasteiger partial charge in [0.15, 0.2) is 0 Å². The highest BCUT2D eigenvalue weighted by molar-refractivity contribution is 5.94. The number of halogens is 3. The molecule has 1 unspecified atom stereocenters. The smallest absolute Gasteiger partial charge is 0.416 e. The van der Waals surface area contributed by atoms with Crippen LogP contribution < -0.4 is 0 Å². The third-order valence-electron chi connectivity index (χ3n) is 6.24.